The molecule has 7 heteroatoms. The molecule has 0 atom stereocenters. The molecule has 2 amide bonds. The van der Waals surface area contributed by atoms with Gasteiger partial charge in [0.2, 0.25) is 5.91 Å². The Morgan fingerprint density at radius 2 is 1.86 bits per heavy atom. The maximum absolute atomic E-state index is 13.0. The zero-order chi connectivity index (χ0) is 25.7. The van der Waals surface area contributed by atoms with E-state index in [2.05, 4.69) is 41.2 Å². The van der Waals surface area contributed by atoms with Gasteiger partial charge in [-0.15, -0.1) is 0 Å². The Balaban J connectivity index is 1.59. The van der Waals surface area contributed by atoms with Gasteiger partial charge in [0.25, 0.3) is 5.91 Å². The van der Waals surface area contributed by atoms with Crippen LogP contribution in [0.1, 0.15) is 41.7 Å². The van der Waals surface area contributed by atoms with Crippen LogP contribution in [0.2, 0.25) is 0 Å². The second kappa shape index (κ2) is 11.5. The first kappa shape index (κ1) is 25.5. The summed E-state index contributed by atoms with van der Waals surface area (Å²) >= 11 is 0. The van der Waals surface area contributed by atoms with Gasteiger partial charge in [-0.3, -0.25) is 9.59 Å². The van der Waals surface area contributed by atoms with Crippen LogP contribution in [0.3, 0.4) is 0 Å². The lowest BCUT2D eigenvalue weighted by Gasteiger charge is -2.32. The lowest BCUT2D eigenvalue weighted by Crippen LogP contribution is -2.42. The molecule has 1 aromatic heterocycles. The molecule has 188 valence electrons. The van der Waals surface area contributed by atoms with Crippen LogP contribution in [0.4, 0.5) is 5.69 Å². The fourth-order valence-corrected chi connectivity index (χ4v) is 4.84. The monoisotopic (exact) mass is 486 g/mol. The molecule has 1 heterocycles. The number of carbonyl (C=O) groups is 2. The summed E-state index contributed by atoms with van der Waals surface area (Å²) in [6.45, 7) is 3.92. The van der Waals surface area contributed by atoms with Crippen LogP contribution in [0.25, 0.3) is 22.0 Å². The Hall–Kier alpha value is -3.55. The smallest absolute Gasteiger partial charge is 0.270 e. The number of hydrogen-bond donors (Lipinski definition) is 2. The predicted octanol–water partition coefficient (Wildman–Crippen LogP) is 4.78. The quantitative estimate of drug-likeness (QED) is 0.448. The van der Waals surface area contributed by atoms with E-state index in [4.69, 9.17) is 4.74 Å². The number of nitrogens with one attached hydrogen (secondary N) is 2. The van der Waals surface area contributed by atoms with Crippen molar-refractivity contribution in [2.24, 2.45) is 0 Å². The van der Waals surface area contributed by atoms with Crippen molar-refractivity contribution in [1.82, 2.24) is 15.2 Å². The maximum atomic E-state index is 13.0. The minimum Gasteiger partial charge on any atom is -0.380 e. The number of rotatable bonds is 8. The first-order valence-electron chi connectivity index (χ1n) is 12.3. The molecule has 1 saturated carbocycles. The van der Waals surface area contributed by atoms with Gasteiger partial charge >= 0.3 is 0 Å². The number of methoxy groups -OCH3 is 1. The second-order valence-electron chi connectivity index (χ2n) is 9.51. The van der Waals surface area contributed by atoms with Crippen molar-refractivity contribution in [1.29, 1.82) is 0 Å². The molecule has 36 heavy (non-hydrogen) atoms. The standard InChI is InChI=1S/C29H34N4O3/c1-5-27(34)32-28-21(18-36-4)12-10-19-9-11-20(17-24(19)28)25-7-6-8-26(31-25)29(35)30-22-13-15-23(16-14-22)33(2)3/h5-12,17,22-23H,1,13-16,18H2,2-4H3,(H,30,35)(H,32,34)/t22-,23-. The van der Waals surface area contributed by atoms with Gasteiger partial charge < -0.3 is 20.3 Å². The third kappa shape index (κ3) is 5.80. The molecular formula is C29H34N4O3. The molecule has 1 aliphatic rings. The Kier molecular flexibility index (Phi) is 8.13. The molecule has 0 aliphatic heterocycles. The van der Waals surface area contributed by atoms with E-state index >= 15 is 0 Å². The fourth-order valence-electron chi connectivity index (χ4n) is 4.84. The number of ether oxygens (including phenoxy) is 1. The molecule has 0 bridgehead atoms. The summed E-state index contributed by atoms with van der Waals surface area (Å²) in [4.78, 5) is 32.1. The molecule has 0 unspecified atom stereocenters. The first-order chi connectivity index (χ1) is 17.4. The number of fused-ring (bicyclic) bond motifs is 1. The SMILES string of the molecule is C=CC(=O)Nc1c(COC)ccc2ccc(-c3cccc(C(=O)N[C@H]4CC[C@H](N(C)C)CC4)n3)cc12. The highest BCUT2D eigenvalue weighted by atomic mass is 16.5. The Bertz CT molecular complexity index is 1260. The number of aromatic nitrogens is 1. The fraction of sp³-hybridized carbons (Fsp3) is 0.345. The third-order valence-corrected chi connectivity index (χ3v) is 6.88. The highest BCUT2D eigenvalue weighted by Gasteiger charge is 2.24. The maximum Gasteiger partial charge on any atom is 0.270 e. The van der Waals surface area contributed by atoms with E-state index in [1.54, 1.807) is 13.2 Å². The number of carbonyl (C=O) groups excluding carboxylic acids is 2. The summed E-state index contributed by atoms with van der Waals surface area (Å²) in [6, 6.07) is 16.1. The Morgan fingerprint density at radius 1 is 1.11 bits per heavy atom. The zero-order valence-electron chi connectivity index (χ0n) is 21.2. The lowest BCUT2D eigenvalue weighted by atomic mass is 9.90. The highest BCUT2D eigenvalue weighted by Crippen LogP contribution is 2.32. The number of benzene rings is 2. The summed E-state index contributed by atoms with van der Waals surface area (Å²) in [5, 5.41) is 7.94. The number of amides is 2. The van der Waals surface area contributed by atoms with Crippen LogP contribution in [0, 0.1) is 0 Å². The topological polar surface area (TPSA) is 83.6 Å². The molecular weight excluding hydrogens is 452 g/mol. The zero-order valence-corrected chi connectivity index (χ0v) is 21.2. The minimum atomic E-state index is -0.290. The Labute approximate surface area is 212 Å². The summed E-state index contributed by atoms with van der Waals surface area (Å²) in [6.07, 6.45) is 5.36. The van der Waals surface area contributed by atoms with Crippen LogP contribution in [0.5, 0.6) is 0 Å². The van der Waals surface area contributed by atoms with Crippen LogP contribution >= 0.6 is 0 Å². The van der Waals surface area contributed by atoms with Gasteiger partial charge in [0.05, 0.1) is 18.0 Å². The summed E-state index contributed by atoms with van der Waals surface area (Å²) in [5.41, 5.74) is 3.49. The van der Waals surface area contributed by atoms with Crippen LogP contribution in [-0.4, -0.2) is 55.0 Å². The van der Waals surface area contributed by atoms with Crippen LogP contribution < -0.4 is 10.6 Å². The van der Waals surface area contributed by atoms with Crippen molar-refractivity contribution in [3.05, 3.63) is 72.4 Å². The molecule has 0 spiro atoms. The van der Waals surface area contributed by atoms with Crippen molar-refractivity contribution in [3.63, 3.8) is 0 Å². The largest absolute Gasteiger partial charge is 0.380 e. The van der Waals surface area contributed by atoms with E-state index in [0.29, 0.717) is 29.7 Å². The van der Waals surface area contributed by atoms with E-state index in [-0.39, 0.29) is 17.9 Å². The predicted molar refractivity (Wildman–Crippen MR) is 144 cm³/mol. The van der Waals surface area contributed by atoms with Crippen molar-refractivity contribution < 1.29 is 14.3 Å². The molecule has 3 aromatic rings. The average Bonchev–Trinajstić information content (AvgIpc) is 2.90. The number of nitrogens with zero attached hydrogens (tertiary/aromatic N) is 2. The van der Waals surface area contributed by atoms with Crippen molar-refractivity contribution in [2.75, 3.05) is 26.5 Å². The molecule has 0 saturated heterocycles. The van der Waals surface area contributed by atoms with Crippen molar-refractivity contribution in [3.8, 4) is 11.3 Å². The minimum absolute atomic E-state index is 0.146. The summed E-state index contributed by atoms with van der Waals surface area (Å²) in [5.74, 6) is -0.436. The van der Waals surface area contributed by atoms with Gasteiger partial charge in [-0.2, -0.15) is 0 Å². The van der Waals surface area contributed by atoms with Crippen LogP contribution in [0.15, 0.2) is 61.2 Å². The molecule has 2 aromatic carbocycles. The number of anilines is 1. The van der Waals surface area contributed by atoms with Gasteiger partial charge in [0.1, 0.15) is 5.69 Å². The molecule has 1 aliphatic carbocycles. The highest BCUT2D eigenvalue weighted by molar-refractivity contribution is 6.07. The van der Waals surface area contributed by atoms with E-state index in [9.17, 15) is 9.59 Å². The summed E-state index contributed by atoms with van der Waals surface area (Å²) in [7, 11) is 5.84. The number of pyridine rings is 1. The Morgan fingerprint density at radius 3 is 2.56 bits per heavy atom. The van der Waals surface area contributed by atoms with Gasteiger partial charge in [-0.05, 0) is 69.4 Å². The molecule has 1 fully saturated rings. The molecule has 7 nitrogen and oxygen atoms in total. The van der Waals surface area contributed by atoms with Gasteiger partial charge in [0, 0.05) is 35.7 Å². The average molecular weight is 487 g/mol. The van der Waals surface area contributed by atoms with E-state index in [1.165, 1.54) is 6.08 Å². The van der Waals surface area contributed by atoms with Gasteiger partial charge in [-0.25, -0.2) is 4.98 Å². The van der Waals surface area contributed by atoms with E-state index in [0.717, 1.165) is 47.6 Å². The second-order valence-corrected chi connectivity index (χ2v) is 9.51. The normalized spacial score (nSPS) is 17.7. The molecule has 0 radical (unpaired) electrons. The van der Waals surface area contributed by atoms with Crippen LogP contribution in [-0.2, 0) is 16.1 Å². The van der Waals surface area contributed by atoms with Gasteiger partial charge in [-0.1, -0.05) is 36.9 Å². The third-order valence-electron chi connectivity index (χ3n) is 6.88. The van der Waals surface area contributed by atoms with Crippen molar-refractivity contribution in [2.45, 2.75) is 44.4 Å². The number of hydrogen-bond acceptors (Lipinski definition) is 5. The first-order valence-corrected chi connectivity index (χ1v) is 12.3. The molecule has 4 rings (SSSR count). The van der Waals surface area contributed by atoms with Crippen molar-refractivity contribution >= 4 is 28.3 Å². The lowest BCUT2D eigenvalue weighted by molar-refractivity contribution is -0.111. The van der Waals surface area contributed by atoms with E-state index < -0.39 is 0 Å². The molecule has 2 N–H and O–H groups in total. The van der Waals surface area contributed by atoms with Gasteiger partial charge in [0.15, 0.2) is 0 Å². The summed E-state index contributed by atoms with van der Waals surface area (Å²) < 4.78 is 5.33. The van der Waals surface area contributed by atoms with E-state index in [1.807, 2.05) is 42.5 Å².